The van der Waals surface area contributed by atoms with Gasteiger partial charge in [0, 0.05) is 50.1 Å². The lowest BCUT2D eigenvalue weighted by Crippen LogP contribution is -2.60. The minimum atomic E-state index is -0.366. The van der Waals surface area contributed by atoms with E-state index >= 15 is 0 Å². The van der Waals surface area contributed by atoms with Gasteiger partial charge in [-0.2, -0.15) is 0 Å². The van der Waals surface area contributed by atoms with Gasteiger partial charge < -0.3 is 19.8 Å². The monoisotopic (exact) mass is 367 g/mol. The number of H-pyrrole nitrogens is 2. The van der Waals surface area contributed by atoms with Crippen molar-refractivity contribution in [2.45, 2.75) is 44.1 Å². The molecule has 27 heavy (non-hydrogen) atoms. The van der Waals surface area contributed by atoms with Gasteiger partial charge in [-0.3, -0.25) is 9.59 Å². The van der Waals surface area contributed by atoms with E-state index in [-0.39, 0.29) is 17.4 Å². The fourth-order valence-electron chi connectivity index (χ4n) is 4.90. The summed E-state index contributed by atoms with van der Waals surface area (Å²) < 4.78 is 0. The van der Waals surface area contributed by atoms with Crippen LogP contribution in [0.2, 0.25) is 0 Å². The maximum Gasteiger partial charge on any atom is 0.255 e. The topological polar surface area (TPSA) is 85.1 Å². The Bertz CT molecular complexity index is 844. The maximum atomic E-state index is 13.2. The molecule has 2 aromatic heterocycles. The molecule has 5 rings (SSSR count). The van der Waals surface area contributed by atoms with Crippen molar-refractivity contribution in [1.29, 1.82) is 0 Å². The number of carbonyl (C=O) groups is 2. The van der Waals surface area contributed by atoms with Gasteiger partial charge in [0.2, 0.25) is 5.91 Å². The van der Waals surface area contributed by atoms with Crippen molar-refractivity contribution >= 4 is 11.8 Å². The van der Waals surface area contributed by atoms with E-state index in [1.165, 1.54) is 0 Å². The van der Waals surface area contributed by atoms with Gasteiger partial charge in [-0.15, -0.1) is 0 Å². The van der Waals surface area contributed by atoms with Crippen LogP contribution >= 0.6 is 0 Å². The minimum Gasteiger partial charge on any atom is -0.367 e. The lowest BCUT2D eigenvalue weighted by atomic mass is 9.76. The molecule has 1 spiro atoms. The highest BCUT2D eigenvalue weighted by atomic mass is 16.2. The zero-order valence-electron chi connectivity index (χ0n) is 15.4. The van der Waals surface area contributed by atoms with Gasteiger partial charge in [0.05, 0.1) is 23.1 Å². The summed E-state index contributed by atoms with van der Waals surface area (Å²) in [4.78, 5) is 40.8. The van der Waals surface area contributed by atoms with Crippen LogP contribution in [-0.4, -0.2) is 56.2 Å². The van der Waals surface area contributed by atoms with Crippen LogP contribution in [0.15, 0.2) is 24.8 Å². The number of carbonyl (C=O) groups excluding carboxylic acids is 2. The fourth-order valence-corrected chi connectivity index (χ4v) is 4.90. The number of aromatic amines is 2. The van der Waals surface area contributed by atoms with Gasteiger partial charge in [-0.05, 0) is 31.7 Å². The Morgan fingerprint density at radius 1 is 1.19 bits per heavy atom. The lowest BCUT2D eigenvalue weighted by Gasteiger charge is -2.51. The van der Waals surface area contributed by atoms with Crippen LogP contribution in [0.3, 0.4) is 0 Å². The number of aromatic nitrogens is 3. The first kappa shape index (κ1) is 16.6. The van der Waals surface area contributed by atoms with Crippen LogP contribution < -0.4 is 0 Å². The van der Waals surface area contributed by atoms with Gasteiger partial charge in [-0.25, -0.2) is 4.98 Å². The zero-order valence-corrected chi connectivity index (χ0v) is 15.4. The predicted molar refractivity (Wildman–Crippen MR) is 99.0 cm³/mol. The Kier molecular flexibility index (Phi) is 3.84. The molecule has 7 heteroatoms. The van der Waals surface area contributed by atoms with Gasteiger partial charge in [0.25, 0.3) is 5.91 Å². The van der Waals surface area contributed by atoms with E-state index in [2.05, 4.69) is 19.9 Å². The summed E-state index contributed by atoms with van der Waals surface area (Å²) in [6, 6.07) is 1.81. The number of hydrogen-bond donors (Lipinski definition) is 2. The van der Waals surface area contributed by atoms with E-state index in [0.717, 1.165) is 56.5 Å². The molecule has 0 aromatic carbocycles. The highest BCUT2D eigenvalue weighted by molar-refractivity contribution is 5.94. The quantitative estimate of drug-likeness (QED) is 0.852. The SMILES string of the molecule is O=C(c1cc[nH]c1)N1CCC2(CC1)c1nc[nH]c1CCN2C(=O)C1CCC1. The molecule has 7 nitrogen and oxygen atoms in total. The fraction of sp³-hybridized carbons (Fsp3) is 0.550. The van der Waals surface area contributed by atoms with Crippen LogP contribution in [-0.2, 0) is 16.8 Å². The summed E-state index contributed by atoms with van der Waals surface area (Å²) in [5, 5.41) is 0. The summed E-state index contributed by atoms with van der Waals surface area (Å²) in [6.07, 6.45) is 10.8. The Hall–Kier alpha value is -2.57. The number of imidazole rings is 1. The number of likely N-dealkylation sites (tertiary alicyclic amines) is 1. The second-order valence-corrected chi connectivity index (χ2v) is 8.02. The molecule has 1 saturated heterocycles. The molecule has 0 unspecified atom stereocenters. The Labute approximate surface area is 158 Å². The van der Waals surface area contributed by atoms with Crippen LogP contribution in [0.25, 0.3) is 0 Å². The van der Waals surface area contributed by atoms with E-state index in [1.807, 2.05) is 11.0 Å². The first-order valence-corrected chi connectivity index (χ1v) is 9.95. The molecule has 2 aromatic rings. The Balaban J connectivity index is 1.42. The molecule has 2 aliphatic heterocycles. The second kappa shape index (κ2) is 6.25. The third-order valence-corrected chi connectivity index (χ3v) is 6.70. The molecule has 2 amide bonds. The molecule has 3 aliphatic rings. The van der Waals surface area contributed by atoms with Crippen molar-refractivity contribution in [3.8, 4) is 0 Å². The smallest absolute Gasteiger partial charge is 0.255 e. The average molecular weight is 367 g/mol. The van der Waals surface area contributed by atoms with Gasteiger partial charge in [0.1, 0.15) is 0 Å². The molecule has 1 aliphatic carbocycles. The number of nitrogens with one attached hydrogen (secondary N) is 2. The summed E-state index contributed by atoms with van der Waals surface area (Å²) in [5.41, 5.74) is 2.50. The van der Waals surface area contributed by atoms with E-state index in [0.29, 0.717) is 24.6 Å². The summed E-state index contributed by atoms with van der Waals surface area (Å²) in [5.74, 6) is 0.531. The van der Waals surface area contributed by atoms with E-state index < -0.39 is 0 Å². The molecule has 0 bridgehead atoms. The Morgan fingerprint density at radius 2 is 2.00 bits per heavy atom. The van der Waals surface area contributed by atoms with Crippen LogP contribution in [0.5, 0.6) is 0 Å². The molecule has 2 fully saturated rings. The van der Waals surface area contributed by atoms with Gasteiger partial charge in [-0.1, -0.05) is 6.42 Å². The van der Waals surface area contributed by atoms with Crippen molar-refractivity contribution in [1.82, 2.24) is 24.8 Å². The van der Waals surface area contributed by atoms with E-state index in [4.69, 9.17) is 0 Å². The lowest BCUT2D eigenvalue weighted by molar-refractivity contribution is -0.148. The van der Waals surface area contributed by atoms with Crippen LogP contribution in [0.1, 0.15) is 53.8 Å². The minimum absolute atomic E-state index is 0.0565. The highest BCUT2D eigenvalue weighted by Crippen LogP contribution is 2.44. The normalized spacial score (nSPS) is 21.8. The van der Waals surface area contributed by atoms with Crippen molar-refractivity contribution < 1.29 is 9.59 Å². The Morgan fingerprint density at radius 3 is 2.67 bits per heavy atom. The molecule has 142 valence electrons. The first-order chi connectivity index (χ1) is 13.2. The number of rotatable bonds is 2. The van der Waals surface area contributed by atoms with Crippen molar-refractivity contribution in [3.63, 3.8) is 0 Å². The van der Waals surface area contributed by atoms with E-state index in [9.17, 15) is 9.59 Å². The number of amides is 2. The molecule has 1 saturated carbocycles. The van der Waals surface area contributed by atoms with E-state index in [1.54, 1.807) is 18.7 Å². The van der Waals surface area contributed by atoms with Crippen LogP contribution in [0, 0.1) is 5.92 Å². The third kappa shape index (κ3) is 2.51. The summed E-state index contributed by atoms with van der Waals surface area (Å²) in [6.45, 7) is 2.03. The van der Waals surface area contributed by atoms with Gasteiger partial charge in [0.15, 0.2) is 0 Å². The molecule has 4 heterocycles. The first-order valence-electron chi connectivity index (χ1n) is 9.95. The number of hydrogen-bond acceptors (Lipinski definition) is 3. The van der Waals surface area contributed by atoms with Crippen molar-refractivity contribution in [2.24, 2.45) is 5.92 Å². The largest absolute Gasteiger partial charge is 0.367 e. The van der Waals surface area contributed by atoms with Crippen molar-refractivity contribution in [3.05, 3.63) is 41.7 Å². The third-order valence-electron chi connectivity index (χ3n) is 6.70. The van der Waals surface area contributed by atoms with Crippen LogP contribution in [0.4, 0.5) is 0 Å². The summed E-state index contributed by atoms with van der Waals surface area (Å²) >= 11 is 0. The molecule has 0 atom stereocenters. The van der Waals surface area contributed by atoms with Crippen molar-refractivity contribution in [2.75, 3.05) is 19.6 Å². The molecular weight excluding hydrogens is 342 g/mol. The number of fused-ring (bicyclic) bond motifs is 2. The summed E-state index contributed by atoms with van der Waals surface area (Å²) in [7, 11) is 0. The number of piperidine rings is 1. The predicted octanol–water partition coefficient (Wildman–Crippen LogP) is 2.05. The molecular formula is C20H25N5O2. The highest BCUT2D eigenvalue weighted by Gasteiger charge is 2.50. The average Bonchev–Trinajstić information content (AvgIpc) is 3.33. The zero-order chi connectivity index (χ0) is 18.4. The standard InChI is InChI=1S/C20H25N5O2/c26-18(15-4-8-21-12-15)24-10-6-20(7-11-24)17-16(22-13-23-17)5-9-25(20)19(27)14-2-1-3-14/h4,8,12-14,21H,1-3,5-7,9-11H2,(H,22,23). The second-order valence-electron chi connectivity index (χ2n) is 8.02. The molecule has 0 radical (unpaired) electrons. The van der Waals surface area contributed by atoms with Gasteiger partial charge >= 0.3 is 0 Å². The number of nitrogens with zero attached hydrogens (tertiary/aromatic N) is 3. The maximum absolute atomic E-state index is 13.2. The molecule has 2 N–H and O–H groups in total.